The van der Waals surface area contributed by atoms with Gasteiger partial charge >= 0.3 is 0 Å². The van der Waals surface area contributed by atoms with Gasteiger partial charge < -0.3 is 10.0 Å². The van der Waals surface area contributed by atoms with E-state index in [0.29, 0.717) is 5.56 Å². The zero-order valence-electron chi connectivity index (χ0n) is 11.8. The summed E-state index contributed by atoms with van der Waals surface area (Å²) in [6, 6.07) is 15.4. The molecule has 0 aromatic heterocycles. The van der Waals surface area contributed by atoms with Crippen LogP contribution in [0.5, 0.6) is 5.75 Å². The molecule has 0 atom stereocenters. The van der Waals surface area contributed by atoms with Crippen molar-refractivity contribution in [2.24, 2.45) is 0 Å². The second-order valence-corrected chi connectivity index (χ2v) is 4.76. The quantitative estimate of drug-likeness (QED) is 0.843. The molecule has 0 heterocycles. The minimum absolute atomic E-state index is 0.0431. The molecule has 0 aliphatic carbocycles. The van der Waals surface area contributed by atoms with Gasteiger partial charge in [-0.05, 0) is 31.5 Å². The van der Waals surface area contributed by atoms with Gasteiger partial charge in [0.1, 0.15) is 5.75 Å². The smallest absolute Gasteiger partial charge is 0.163 e. The Morgan fingerprint density at radius 1 is 1.15 bits per heavy atom. The summed E-state index contributed by atoms with van der Waals surface area (Å²) < 4.78 is 0. The number of nitrogens with zero attached hydrogens (tertiary/aromatic N) is 1. The Balaban J connectivity index is 2.24. The topological polar surface area (TPSA) is 40.5 Å². The summed E-state index contributed by atoms with van der Waals surface area (Å²) in [4.78, 5) is 13.5. The molecule has 3 nitrogen and oxygen atoms in total. The minimum atomic E-state index is -0.125. The molecule has 0 bridgehead atoms. The van der Waals surface area contributed by atoms with Gasteiger partial charge in [0.05, 0.1) is 5.56 Å². The molecule has 0 saturated heterocycles. The Bertz CT molecular complexity index is 593. The SMILES string of the molecule is CCN(Cc1ccccc1)c1ccc(C(C)=O)c(O)c1. The summed E-state index contributed by atoms with van der Waals surface area (Å²) in [7, 11) is 0. The molecule has 0 aliphatic heterocycles. The maximum absolute atomic E-state index is 11.3. The summed E-state index contributed by atoms with van der Waals surface area (Å²) in [6.45, 7) is 5.12. The summed E-state index contributed by atoms with van der Waals surface area (Å²) in [5.74, 6) is -0.0818. The molecule has 20 heavy (non-hydrogen) atoms. The molecule has 0 radical (unpaired) electrons. The maximum Gasteiger partial charge on any atom is 0.163 e. The third kappa shape index (κ3) is 3.18. The molecule has 0 saturated carbocycles. The number of phenols is 1. The van der Waals surface area contributed by atoms with E-state index in [1.807, 2.05) is 24.3 Å². The lowest BCUT2D eigenvalue weighted by Gasteiger charge is -2.23. The van der Waals surface area contributed by atoms with Gasteiger partial charge in [-0.2, -0.15) is 0 Å². The molecule has 2 rings (SSSR count). The highest BCUT2D eigenvalue weighted by molar-refractivity contribution is 5.97. The number of rotatable bonds is 5. The first-order valence-electron chi connectivity index (χ1n) is 6.74. The van der Waals surface area contributed by atoms with E-state index in [9.17, 15) is 9.90 Å². The highest BCUT2D eigenvalue weighted by Gasteiger charge is 2.11. The van der Waals surface area contributed by atoms with Crippen LogP contribution in [0.1, 0.15) is 29.8 Å². The second-order valence-electron chi connectivity index (χ2n) is 4.76. The molecule has 1 N–H and O–H groups in total. The summed E-state index contributed by atoms with van der Waals surface area (Å²) >= 11 is 0. The van der Waals surface area contributed by atoms with Crippen molar-refractivity contribution >= 4 is 11.5 Å². The molecule has 0 spiro atoms. The van der Waals surface area contributed by atoms with Crippen molar-refractivity contribution in [1.82, 2.24) is 0 Å². The second kappa shape index (κ2) is 6.24. The first kappa shape index (κ1) is 14.1. The first-order valence-corrected chi connectivity index (χ1v) is 6.74. The van der Waals surface area contributed by atoms with Crippen LogP contribution in [0.3, 0.4) is 0 Å². The third-order valence-corrected chi connectivity index (χ3v) is 3.32. The van der Waals surface area contributed by atoms with Crippen molar-refractivity contribution in [2.75, 3.05) is 11.4 Å². The fraction of sp³-hybridized carbons (Fsp3) is 0.235. The summed E-state index contributed by atoms with van der Waals surface area (Å²) in [5.41, 5.74) is 2.49. The average Bonchev–Trinajstić information content (AvgIpc) is 2.45. The van der Waals surface area contributed by atoms with Crippen molar-refractivity contribution in [2.45, 2.75) is 20.4 Å². The number of ketones is 1. The van der Waals surface area contributed by atoms with Crippen LogP contribution >= 0.6 is 0 Å². The number of carbonyl (C=O) groups excluding carboxylic acids is 1. The molecule has 2 aromatic carbocycles. The fourth-order valence-corrected chi connectivity index (χ4v) is 2.20. The summed E-state index contributed by atoms with van der Waals surface area (Å²) in [6.07, 6.45) is 0. The molecule has 2 aromatic rings. The van der Waals surface area contributed by atoms with E-state index in [1.165, 1.54) is 12.5 Å². The molecule has 0 aliphatic rings. The minimum Gasteiger partial charge on any atom is -0.507 e. The number of Topliss-reactive ketones (excluding diaryl/α,β-unsaturated/α-hetero) is 1. The average molecular weight is 269 g/mol. The lowest BCUT2D eigenvalue weighted by molar-refractivity contribution is 0.101. The van der Waals surface area contributed by atoms with Crippen molar-refractivity contribution in [3.63, 3.8) is 0 Å². The number of hydrogen-bond donors (Lipinski definition) is 1. The predicted octanol–water partition coefficient (Wildman–Crippen LogP) is 3.62. The van der Waals surface area contributed by atoms with Crippen LogP contribution < -0.4 is 4.90 Å². The number of hydrogen-bond acceptors (Lipinski definition) is 3. The van der Waals surface area contributed by atoms with E-state index < -0.39 is 0 Å². The van der Waals surface area contributed by atoms with Gasteiger partial charge in [-0.1, -0.05) is 30.3 Å². The van der Waals surface area contributed by atoms with Gasteiger partial charge in [0.2, 0.25) is 0 Å². The van der Waals surface area contributed by atoms with Gasteiger partial charge in [-0.15, -0.1) is 0 Å². The van der Waals surface area contributed by atoms with E-state index in [0.717, 1.165) is 18.8 Å². The van der Waals surface area contributed by atoms with Crippen LogP contribution in [0.2, 0.25) is 0 Å². The lowest BCUT2D eigenvalue weighted by Crippen LogP contribution is -2.21. The molecule has 0 unspecified atom stereocenters. The zero-order valence-corrected chi connectivity index (χ0v) is 11.8. The molecule has 0 fully saturated rings. The Labute approximate surface area is 119 Å². The van der Waals surface area contributed by atoms with Crippen LogP contribution in [0.4, 0.5) is 5.69 Å². The van der Waals surface area contributed by atoms with Crippen LogP contribution in [0.25, 0.3) is 0 Å². The Morgan fingerprint density at radius 3 is 2.40 bits per heavy atom. The van der Waals surface area contributed by atoms with Crippen LogP contribution in [-0.4, -0.2) is 17.4 Å². The number of carbonyl (C=O) groups is 1. The lowest BCUT2D eigenvalue weighted by atomic mass is 10.1. The first-order chi connectivity index (χ1) is 9.61. The Morgan fingerprint density at radius 2 is 1.85 bits per heavy atom. The molecule has 104 valence electrons. The number of anilines is 1. The van der Waals surface area contributed by atoms with Gasteiger partial charge in [-0.25, -0.2) is 0 Å². The molecule has 3 heteroatoms. The van der Waals surface area contributed by atoms with Crippen molar-refractivity contribution in [3.8, 4) is 5.75 Å². The molecular weight excluding hydrogens is 250 g/mol. The molecule has 0 amide bonds. The normalized spacial score (nSPS) is 10.3. The van der Waals surface area contributed by atoms with Crippen LogP contribution in [-0.2, 0) is 6.54 Å². The third-order valence-electron chi connectivity index (χ3n) is 3.32. The monoisotopic (exact) mass is 269 g/mol. The van der Waals surface area contributed by atoms with Gasteiger partial charge in [0.15, 0.2) is 5.78 Å². The van der Waals surface area contributed by atoms with Gasteiger partial charge in [-0.3, -0.25) is 4.79 Å². The molecular formula is C17H19NO2. The van der Waals surface area contributed by atoms with E-state index in [4.69, 9.17) is 0 Å². The highest BCUT2D eigenvalue weighted by Crippen LogP contribution is 2.26. The number of phenolic OH excluding ortho intramolecular Hbond substituents is 1. The van der Waals surface area contributed by atoms with Crippen LogP contribution in [0, 0.1) is 0 Å². The van der Waals surface area contributed by atoms with Gasteiger partial charge in [0.25, 0.3) is 0 Å². The highest BCUT2D eigenvalue weighted by atomic mass is 16.3. The largest absolute Gasteiger partial charge is 0.507 e. The fourth-order valence-electron chi connectivity index (χ4n) is 2.20. The van der Waals surface area contributed by atoms with E-state index in [-0.39, 0.29) is 11.5 Å². The Kier molecular flexibility index (Phi) is 4.41. The number of aromatic hydroxyl groups is 1. The zero-order chi connectivity index (χ0) is 14.5. The van der Waals surface area contributed by atoms with Gasteiger partial charge in [0, 0.05) is 24.8 Å². The van der Waals surface area contributed by atoms with Crippen molar-refractivity contribution in [1.29, 1.82) is 0 Å². The van der Waals surface area contributed by atoms with Crippen molar-refractivity contribution < 1.29 is 9.90 Å². The van der Waals surface area contributed by atoms with E-state index in [2.05, 4.69) is 24.0 Å². The predicted molar refractivity (Wildman–Crippen MR) is 81.3 cm³/mol. The van der Waals surface area contributed by atoms with E-state index >= 15 is 0 Å². The maximum atomic E-state index is 11.3. The van der Waals surface area contributed by atoms with Crippen molar-refractivity contribution in [3.05, 3.63) is 59.7 Å². The standard InChI is InChI=1S/C17H19NO2/c1-3-18(12-14-7-5-4-6-8-14)15-9-10-16(13(2)19)17(20)11-15/h4-11,20H,3,12H2,1-2H3. The number of benzene rings is 2. The van der Waals surface area contributed by atoms with E-state index in [1.54, 1.807) is 12.1 Å². The van der Waals surface area contributed by atoms with Crippen LogP contribution in [0.15, 0.2) is 48.5 Å². The summed E-state index contributed by atoms with van der Waals surface area (Å²) in [5, 5.41) is 9.92. The Hall–Kier alpha value is -2.29.